The average molecular weight is 296 g/mol. The van der Waals surface area contributed by atoms with Crippen molar-refractivity contribution in [1.82, 2.24) is 10.6 Å². The Hall–Kier alpha value is -2.62. The van der Waals surface area contributed by atoms with Crippen LogP contribution in [0.1, 0.15) is 30.5 Å². The second-order valence-electron chi connectivity index (χ2n) is 5.13. The van der Waals surface area contributed by atoms with Crippen LogP contribution < -0.4 is 10.6 Å². The van der Waals surface area contributed by atoms with E-state index in [-0.39, 0.29) is 24.3 Å². The van der Waals surface area contributed by atoms with Crippen LogP contribution in [0.4, 0.5) is 0 Å². The third kappa shape index (κ3) is 5.05. The number of hydrogen-bond acceptors (Lipinski definition) is 2. The Bertz CT molecular complexity index is 611. The van der Waals surface area contributed by atoms with Crippen LogP contribution in [0.25, 0.3) is 0 Å². The topological polar surface area (TPSA) is 58.2 Å². The van der Waals surface area contributed by atoms with Crippen molar-refractivity contribution in [3.63, 3.8) is 0 Å². The van der Waals surface area contributed by atoms with Gasteiger partial charge in [0, 0.05) is 13.5 Å². The molecule has 2 aromatic carbocycles. The molecular formula is C18H20N2O2. The number of carbonyl (C=O) groups excluding carboxylic acids is 2. The monoisotopic (exact) mass is 296 g/mol. The van der Waals surface area contributed by atoms with Crippen molar-refractivity contribution < 1.29 is 9.59 Å². The van der Waals surface area contributed by atoms with Crippen molar-refractivity contribution >= 4 is 11.8 Å². The van der Waals surface area contributed by atoms with Crippen molar-refractivity contribution in [3.8, 4) is 0 Å². The maximum atomic E-state index is 12.1. The van der Waals surface area contributed by atoms with E-state index >= 15 is 0 Å². The lowest BCUT2D eigenvalue weighted by Gasteiger charge is -2.18. The quantitative estimate of drug-likeness (QED) is 0.860. The summed E-state index contributed by atoms with van der Waals surface area (Å²) in [5.41, 5.74) is 1.97. The van der Waals surface area contributed by atoms with Crippen molar-refractivity contribution in [2.24, 2.45) is 0 Å². The molecule has 22 heavy (non-hydrogen) atoms. The first-order chi connectivity index (χ1) is 10.6. The summed E-state index contributed by atoms with van der Waals surface area (Å²) < 4.78 is 0. The molecule has 1 unspecified atom stereocenters. The molecule has 0 fully saturated rings. The van der Waals surface area contributed by atoms with E-state index in [4.69, 9.17) is 0 Å². The summed E-state index contributed by atoms with van der Waals surface area (Å²) in [7, 11) is 0. The fraction of sp³-hybridized carbons (Fsp3) is 0.222. The fourth-order valence-corrected chi connectivity index (χ4v) is 2.24. The van der Waals surface area contributed by atoms with E-state index < -0.39 is 0 Å². The largest absolute Gasteiger partial charge is 0.352 e. The summed E-state index contributed by atoms with van der Waals surface area (Å²) in [6.45, 7) is 1.94. The summed E-state index contributed by atoms with van der Waals surface area (Å²) in [5, 5.41) is 5.71. The smallest absolute Gasteiger partial charge is 0.222 e. The van der Waals surface area contributed by atoms with Crippen LogP contribution >= 0.6 is 0 Å². The molecular weight excluding hydrogens is 276 g/mol. The number of amides is 2. The fourth-order valence-electron chi connectivity index (χ4n) is 2.24. The van der Waals surface area contributed by atoms with Gasteiger partial charge >= 0.3 is 0 Å². The highest BCUT2D eigenvalue weighted by Crippen LogP contribution is 2.16. The summed E-state index contributed by atoms with van der Waals surface area (Å²) in [6.07, 6.45) is 0.219. The molecule has 0 bridgehead atoms. The van der Waals surface area contributed by atoms with Gasteiger partial charge < -0.3 is 10.6 Å². The van der Waals surface area contributed by atoms with Gasteiger partial charge in [0.05, 0.1) is 12.5 Å². The van der Waals surface area contributed by atoms with E-state index in [1.54, 1.807) is 0 Å². The lowest BCUT2D eigenvalue weighted by molar-refractivity contribution is -0.122. The maximum absolute atomic E-state index is 12.1. The first-order valence-electron chi connectivity index (χ1n) is 7.28. The van der Waals surface area contributed by atoms with E-state index in [2.05, 4.69) is 10.6 Å². The van der Waals surface area contributed by atoms with Crippen LogP contribution in [0.15, 0.2) is 60.7 Å². The number of benzene rings is 2. The average Bonchev–Trinajstić information content (AvgIpc) is 2.54. The Kier molecular flexibility index (Phi) is 5.72. The third-order valence-corrected chi connectivity index (χ3v) is 3.30. The Balaban J connectivity index is 1.95. The van der Waals surface area contributed by atoms with Crippen LogP contribution in [0.2, 0.25) is 0 Å². The lowest BCUT2D eigenvalue weighted by atomic mass is 10.0. The molecule has 0 saturated carbocycles. The molecule has 0 spiro atoms. The van der Waals surface area contributed by atoms with Crippen LogP contribution in [-0.4, -0.2) is 11.8 Å². The van der Waals surface area contributed by atoms with Gasteiger partial charge in [-0.15, -0.1) is 0 Å². The van der Waals surface area contributed by atoms with Crippen molar-refractivity contribution in [2.45, 2.75) is 25.9 Å². The zero-order valence-corrected chi connectivity index (χ0v) is 12.6. The predicted octanol–water partition coefficient (Wildman–Crippen LogP) is 2.57. The highest BCUT2D eigenvalue weighted by atomic mass is 16.2. The molecule has 4 heteroatoms. The first-order valence-corrected chi connectivity index (χ1v) is 7.28. The van der Waals surface area contributed by atoms with Gasteiger partial charge in [0.1, 0.15) is 0 Å². The van der Waals surface area contributed by atoms with E-state index in [0.29, 0.717) is 6.54 Å². The van der Waals surface area contributed by atoms with Crippen molar-refractivity contribution in [1.29, 1.82) is 0 Å². The van der Waals surface area contributed by atoms with Gasteiger partial charge in [0.15, 0.2) is 0 Å². The molecule has 1 atom stereocenters. The molecule has 0 aliphatic heterocycles. The van der Waals surface area contributed by atoms with Gasteiger partial charge in [-0.3, -0.25) is 9.59 Å². The van der Waals surface area contributed by atoms with E-state index in [1.807, 2.05) is 60.7 Å². The maximum Gasteiger partial charge on any atom is 0.222 e. The summed E-state index contributed by atoms with van der Waals surface area (Å²) in [6, 6.07) is 18.9. The molecule has 4 nitrogen and oxygen atoms in total. The first kappa shape index (κ1) is 15.8. The molecule has 0 aliphatic carbocycles. The second-order valence-corrected chi connectivity index (χ2v) is 5.13. The number of hydrogen-bond donors (Lipinski definition) is 2. The van der Waals surface area contributed by atoms with E-state index in [1.165, 1.54) is 6.92 Å². The minimum absolute atomic E-state index is 0.0912. The summed E-state index contributed by atoms with van der Waals surface area (Å²) >= 11 is 0. The van der Waals surface area contributed by atoms with Gasteiger partial charge in [-0.25, -0.2) is 0 Å². The molecule has 0 aliphatic rings. The normalized spacial score (nSPS) is 11.5. The van der Waals surface area contributed by atoms with Crippen LogP contribution in [-0.2, 0) is 16.1 Å². The SMILES string of the molecule is CC(=O)NC(CC(=O)NCc1ccccc1)c1ccccc1. The van der Waals surface area contributed by atoms with Crippen LogP contribution in [0, 0.1) is 0 Å². The van der Waals surface area contributed by atoms with Crippen LogP contribution in [0.5, 0.6) is 0 Å². The zero-order chi connectivity index (χ0) is 15.8. The number of carbonyl (C=O) groups is 2. The molecule has 0 saturated heterocycles. The molecule has 0 radical (unpaired) electrons. The molecule has 2 N–H and O–H groups in total. The number of nitrogens with one attached hydrogen (secondary N) is 2. The molecule has 2 amide bonds. The standard InChI is InChI=1S/C18H20N2O2/c1-14(21)20-17(16-10-6-3-7-11-16)12-18(22)19-13-15-8-4-2-5-9-15/h2-11,17H,12-13H2,1H3,(H,19,22)(H,20,21). The Morgan fingerprint density at radius 3 is 2.14 bits per heavy atom. The third-order valence-electron chi connectivity index (χ3n) is 3.30. The highest BCUT2D eigenvalue weighted by Gasteiger charge is 2.16. The molecule has 0 aromatic heterocycles. The summed E-state index contributed by atoms with van der Waals surface area (Å²) in [4.78, 5) is 23.5. The minimum Gasteiger partial charge on any atom is -0.352 e. The lowest BCUT2D eigenvalue weighted by Crippen LogP contribution is -2.32. The van der Waals surface area contributed by atoms with Gasteiger partial charge in [-0.1, -0.05) is 60.7 Å². The van der Waals surface area contributed by atoms with Gasteiger partial charge in [-0.2, -0.15) is 0 Å². The van der Waals surface area contributed by atoms with Crippen molar-refractivity contribution in [3.05, 3.63) is 71.8 Å². The Labute approximate surface area is 130 Å². The van der Waals surface area contributed by atoms with Gasteiger partial charge in [0.2, 0.25) is 11.8 Å². The molecule has 2 aromatic rings. The Morgan fingerprint density at radius 1 is 0.955 bits per heavy atom. The van der Waals surface area contributed by atoms with Crippen molar-refractivity contribution in [2.75, 3.05) is 0 Å². The van der Waals surface area contributed by atoms with E-state index in [0.717, 1.165) is 11.1 Å². The summed E-state index contributed by atoms with van der Waals surface area (Å²) in [5.74, 6) is -0.240. The van der Waals surface area contributed by atoms with Gasteiger partial charge in [0.25, 0.3) is 0 Å². The van der Waals surface area contributed by atoms with E-state index in [9.17, 15) is 9.59 Å². The van der Waals surface area contributed by atoms with Gasteiger partial charge in [-0.05, 0) is 11.1 Å². The highest BCUT2D eigenvalue weighted by molar-refractivity contribution is 5.79. The molecule has 0 heterocycles. The molecule has 114 valence electrons. The Morgan fingerprint density at radius 2 is 1.55 bits per heavy atom. The minimum atomic E-state index is -0.311. The van der Waals surface area contributed by atoms with Crippen LogP contribution in [0.3, 0.4) is 0 Å². The molecule has 2 rings (SSSR count). The zero-order valence-electron chi connectivity index (χ0n) is 12.6. The second kappa shape index (κ2) is 7.98. The predicted molar refractivity (Wildman–Crippen MR) is 85.9 cm³/mol. The number of rotatable bonds is 6.